The molecule has 10 nitrogen and oxygen atoms in total. The summed E-state index contributed by atoms with van der Waals surface area (Å²) in [6.45, 7) is 1.86. The van der Waals surface area contributed by atoms with Gasteiger partial charge in [0.05, 0.1) is 11.6 Å². The van der Waals surface area contributed by atoms with Gasteiger partial charge in [-0.1, -0.05) is 59.8 Å². The number of alkyl halides is 3. The lowest BCUT2D eigenvalue weighted by atomic mass is 9.97. The lowest BCUT2D eigenvalue weighted by molar-refractivity contribution is -0.192. The third-order valence-corrected chi connectivity index (χ3v) is 6.90. The van der Waals surface area contributed by atoms with Crippen molar-refractivity contribution in [3.63, 3.8) is 0 Å². The minimum absolute atomic E-state index is 0.0298. The van der Waals surface area contributed by atoms with Crippen molar-refractivity contribution in [2.24, 2.45) is 0 Å². The minimum atomic E-state index is -5.08. The maximum absolute atomic E-state index is 12.8. The van der Waals surface area contributed by atoms with Crippen molar-refractivity contribution in [1.82, 2.24) is 30.2 Å². The predicted octanol–water partition coefficient (Wildman–Crippen LogP) is 5.11. The Morgan fingerprint density at radius 3 is 2.31 bits per heavy atom. The van der Waals surface area contributed by atoms with Gasteiger partial charge in [-0.25, -0.2) is 14.6 Å². The number of urea groups is 1. The summed E-state index contributed by atoms with van der Waals surface area (Å²) in [6.07, 6.45) is -3.51. The molecule has 222 valence electrons. The van der Waals surface area contributed by atoms with Crippen molar-refractivity contribution in [3.05, 3.63) is 78.2 Å². The molecule has 0 saturated carbocycles. The van der Waals surface area contributed by atoms with Crippen molar-refractivity contribution < 1.29 is 32.4 Å². The van der Waals surface area contributed by atoms with Crippen LogP contribution in [-0.4, -0.2) is 81.9 Å². The van der Waals surface area contributed by atoms with Gasteiger partial charge >= 0.3 is 18.2 Å². The second kappa shape index (κ2) is 13.4. The third-order valence-electron chi connectivity index (χ3n) is 6.90. The van der Waals surface area contributed by atoms with Gasteiger partial charge in [-0.3, -0.25) is 0 Å². The van der Waals surface area contributed by atoms with E-state index in [2.05, 4.69) is 37.5 Å². The number of rotatable bonds is 6. The molecule has 1 saturated heterocycles. The smallest absolute Gasteiger partial charge is 0.475 e. The summed E-state index contributed by atoms with van der Waals surface area (Å²) in [4.78, 5) is 35.0. The fourth-order valence-electron chi connectivity index (χ4n) is 4.59. The molecule has 4 aromatic rings. The van der Waals surface area contributed by atoms with E-state index in [4.69, 9.17) is 14.4 Å². The molecule has 1 atom stereocenters. The van der Waals surface area contributed by atoms with Gasteiger partial charge < -0.3 is 24.7 Å². The molecule has 13 heteroatoms. The number of likely N-dealkylation sites (N-methyl/N-ethyl adjacent to an activating group) is 1. The molecule has 1 aliphatic rings. The van der Waals surface area contributed by atoms with E-state index in [1.54, 1.807) is 0 Å². The number of nitrogens with zero attached hydrogens (tertiary/aromatic N) is 5. The highest BCUT2D eigenvalue weighted by atomic mass is 19.4. The molecule has 2 aromatic heterocycles. The lowest BCUT2D eigenvalue weighted by Gasteiger charge is -2.32. The summed E-state index contributed by atoms with van der Waals surface area (Å²) in [7, 11) is 4.06. The highest BCUT2D eigenvalue weighted by molar-refractivity contribution is 5.80. The third kappa shape index (κ3) is 7.81. The van der Waals surface area contributed by atoms with Gasteiger partial charge in [0.2, 0.25) is 11.7 Å². The number of fused-ring (bicyclic) bond motifs is 1. The lowest BCUT2D eigenvalue weighted by Crippen LogP contribution is -2.46. The van der Waals surface area contributed by atoms with E-state index in [9.17, 15) is 18.0 Å². The molecule has 1 fully saturated rings. The first kappa shape index (κ1) is 30.4. The quantitative estimate of drug-likeness (QED) is 0.321. The minimum Gasteiger partial charge on any atom is -0.475 e. The number of pyridine rings is 1. The Morgan fingerprint density at radius 1 is 1.02 bits per heavy atom. The molecule has 1 unspecified atom stereocenters. The average molecular weight is 585 g/mol. The van der Waals surface area contributed by atoms with E-state index in [0.717, 1.165) is 23.7 Å². The van der Waals surface area contributed by atoms with Gasteiger partial charge in [0.1, 0.15) is 5.69 Å². The summed E-state index contributed by atoms with van der Waals surface area (Å²) >= 11 is 0. The van der Waals surface area contributed by atoms with Gasteiger partial charge in [-0.05, 0) is 44.6 Å². The number of hydrogen-bond donors (Lipinski definition) is 2. The number of benzene rings is 2. The number of hydrogen-bond acceptors (Lipinski definition) is 7. The van der Waals surface area contributed by atoms with Crippen molar-refractivity contribution in [1.29, 1.82) is 0 Å². The zero-order chi connectivity index (χ0) is 30.3. The second-order valence-corrected chi connectivity index (χ2v) is 9.99. The zero-order valence-corrected chi connectivity index (χ0v) is 23.1. The number of nitrogens with one attached hydrogen (secondary N) is 1. The monoisotopic (exact) mass is 584 g/mol. The van der Waals surface area contributed by atoms with E-state index in [0.29, 0.717) is 37.0 Å². The highest BCUT2D eigenvalue weighted by Crippen LogP contribution is 2.29. The van der Waals surface area contributed by atoms with E-state index in [1.165, 1.54) is 5.56 Å². The van der Waals surface area contributed by atoms with Crippen LogP contribution in [0.2, 0.25) is 0 Å². The predicted molar refractivity (Wildman–Crippen MR) is 149 cm³/mol. The Balaban J connectivity index is 0.000000517. The fraction of sp³-hybridized carbons (Fsp3) is 0.345. The zero-order valence-electron chi connectivity index (χ0n) is 23.1. The maximum atomic E-state index is 12.8. The summed E-state index contributed by atoms with van der Waals surface area (Å²) in [6, 6.07) is 22.2. The van der Waals surface area contributed by atoms with Crippen LogP contribution in [0.4, 0.5) is 18.0 Å². The molecule has 0 radical (unpaired) electrons. The number of carboxylic acids is 1. The van der Waals surface area contributed by atoms with Crippen LogP contribution in [0.25, 0.3) is 22.4 Å². The Morgan fingerprint density at radius 2 is 1.67 bits per heavy atom. The normalized spacial score (nSPS) is 14.8. The molecule has 5 rings (SSSR count). The first-order valence-corrected chi connectivity index (χ1v) is 13.3. The number of amides is 2. The van der Waals surface area contributed by atoms with E-state index in [-0.39, 0.29) is 18.0 Å². The average Bonchev–Trinajstić information content (AvgIpc) is 3.48. The maximum Gasteiger partial charge on any atom is 0.490 e. The highest BCUT2D eigenvalue weighted by Gasteiger charge is 2.38. The largest absolute Gasteiger partial charge is 0.490 e. The van der Waals surface area contributed by atoms with Crippen LogP contribution in [0.15, 0.2) is 71.3 Å². The Hall–Kier alpha value is -4.52. The van der Waals surface area contributed by atoms with Crippen LogP contribution < -0.4 is 5.32 Å². The number of carboxylic acid groups (broad SMARTS) is 1. The Kier molecular flexibility index (Phi) is 9.73. The molecule has 0 bridgehead atoms. The molecule has 3 heterocycles. The van der Waals surface area contributed by atoms with Crippen LogP contribution in [0, 0.1) is 0 Å². The topological polar surface area (TPSA) is 125 Å². The van der Waals surface area contributed by atoms with Crippen LogP contribution in [0.5, 0.6) is 0 Å². The van der Waals surface area contributed by atoms with Gasteiger partial charge in [-0.2, -0.15) is 18.2 Å². The molecular weight excluding hydrogens is 553 g/mol. The van der Waals surface area contributed by atoms with E-state index < -0.39 is 12.1 Å². The van der Waals surface area contributed by atoms with Gasteiger partial charge in [0, 0.05) is 30.9 Å². The van der Waals surface area contributed by atoms with Gasteiger partial charge in [0.25, 0.3) is 0 Å². The number of para-hydroxylation sites is 1. The van der Waals surface area contributed by atoms with Crippen LogP contribution >= 0.6 is 0 Å². The fourth-order valence-corrected chi connectivity index (χ4v) is 4.59. The number of aromatic nitrogens is 3. The SMILES string of the molecule is CN(C)C(CNC(=O)N1CCC(c2nc(-c3ccc4ccccc4n3)no2)CC1)c1ccccc1.O=C(O)C(F)(F)F. The van der Waals surface area contributed by atoms with E-state index in [1.807, 2.05) is 73.6 Å². The number of halogens is 3. The van der Waals surface area contributed by atoms with Crippen LogP contribution in [-0.2, 0) is 4.79 Å². The van der Waals surface area contributed by atoms with Crippen molar-refractivity contribution >= 4 is 22.9 Å². The van der Waals surface area contributed by atoms with Crippen LogP contribution in [0.3, 0.4) is 0 Å². The molecule has 2 aromatic carbocycles. The standard InChI is InChI=1S/C27H30N6O2.C2HF3O2/c1-32(2)24(20-9-4-3-5-10-20)18-28-27(34)33-16-14-21(15-17-33)26-30-25(31-35-26)23-13-12-19-8-6-7-11-22(19)29-23;3-2(4,5)1(6)7/h3-13,21,24H,14-18H2,1-2H3,(H,28,34);(H,6,7). The number of piperidine rings is 1. The molecule has 2 N–H and O–H groups in total. The molecule has 0 spiro atoms. The molecule has 2 amide bonds. The van der Waals surface area contributed by atoms with Crippen LogP contribution in [0.1, 0.15) is 36.3 Å². The van der Waals surface area contributed by atoms with Gasteiger partial charge in [-0.15, -0.1) is 0 Å². The van der Waals surface area contributed by atoms with Crippen molar-refractivity contribution in [2.75, 3.05) is 33.7 Å². The molecule has 1 aliphatic heterocycles. The van der Waals surface area contributed by atoms with E-state index >= 15 is 0 Å². The number of carbonyl (C=O) groups is 2. The summed E-state index contributed by atoms with van der Waals surface area (Å²) in [5.74, 6) is -1.50. The van der Waals surface area contributed by atoms with Crippen molar-refractivity contribution in [2.45, 2.75) is 31.0 Å². The van der Waals surface area contributed by atoms with Gasteiger partial charge in [0.15, 0.2) is 0 Å². The number of aliphatic carboxylic acids is 1. The molecule has 0 aliphatic carbocycles. The first-order chi connectivity index (χ1) is 20.0. The summed E-state index contributed by atoms with van der Waals surface area (Å²) in [5.41, 5.74) is 2.79. The Bertz CT molecular complexity index is 1490. The molecular formula is C29H31F3N6O4. The second-order valence-electron chi connectivity index (χ2n) is 9.99. The molecule has 42 heavy (non-hydrogen) atoms. The Labute approximate surface area is 240 Å². The first-order valence-electron chi connectivity index (χ1n) is 13.3. The van der Waals surface area contributed by atoms with Crippen molar-refractivity contribution in [3.8, 4) is 11.5 Å². The number of likely N-dealkylation sites (tertiary alicyclic amines) is 1. The number of carbonyl (C=O) groups excluding carboxylic acids is 1. The summed E-state index contributed by atoms with van der Waals surface area (Å²) < 4.78 is 37.3. The summed E-state index contributed by atoms with van der Waals surface area (Å²) in [5, 5.41) is 15.5.